The van der Waals surface area contributed by atoms with Crippen LogP contribution in [0.4, 0.5) is 0 Å². The quantitative estimate of drug-likeness (QED) is 0.572. The molecule has 70 valence electrons. The molecule has 5 heteroatoms. The first-order valence-electron chi connectivity index (χ1n) is 4.22. The van der Waals surface area contributed by atoms with Crippen LogP contribution in [0, 0.1) is 0 Å². The number of carbonyl (C=O) groups excluding carboxylic acids is 1. The number of nitrogens with one attached hydrogen (secondary N) is 2. The summed E-state index contributed by atoms with van der Waals surface area (Å²) in [6.07, 6.45) is 0.647. The number of fused-ring (bicyclic) bond motifs is 1. The van der Waals surface area contributed by atoms with E-state index in [1.807, 2.05) is 0 Å². The van der Waals surface area contributed by atoms with Crippen LogP contribution in [0.15, 0.2) is 4.79 Å². The maximum atomic E-state index is 11.2. The zero-order valence-electron chi connectivity index (χ0n) is 7.39. The number of amides is 1. The van der Waals surface area contributed by atoms with E-state index in [4.69, 9.17) is 0 Å². The minimum Gasteiger partial charge on any atom is -0.337 e. The summed E-state index contributed by atoms with van der Waals surface area (Å²) >= 11 is 0. The maximum absolute atomic E-state index is 11.2. The minimum absolute atomic E-state index is 0.0488. The fourth-order valence-electron chi connectivity index (χ4n) is 1.60. The van der Waals surface area contributed by atoms with Crippen LogP contribution in [0.5, 0.6) is 0 Å². The largest absolute Gasteiger partial charge is 0.337 e. The Bertz CT molecular complexity index is 390. The molecule has 0 saturated heterocycles. The summed E-state index contributed by atoms with van der Waals surface area (Å²) in [5.41, 5.74) is 1.57. The van der Waals surface area contributed by atoms with E-state index in [-0.39, 0.29) is 11.5 Å². The van der Waals surface area contributed by atoms with Crippen molar-refractivity contribution in [2.24, 2.45) is 0 Å². The Morgan fingerprint density at radius 3 is 2.92 bits per heavy atom. The molecule has 0 fully saturated rings. The SMILES string of the molecule is CC(=O)N1CCc2c([nH][nH]c2=O)C1. The smallest absolute Gasteiger partial charge is 0.267 e. The molecule has 1 aromatic heterocycles. The van der Waals surface area contributed by atoms with Crippen molar-refractivity contribution in [2.45, 2.75) is 19.9 Å². The van der Waals surface area contributed by atoms with Gasteiger partial charge in [0.2, 0.25) is 5.91 Å². The molecule has 0 aromatic carbocycles. The lowest BCUT2D eigenvalue weighted by Gasteiger charge is -2.24. The van der Waals surface area contributed by atoms with Crippen molar-refractivity contribution < 1.29 is 4.79 Å². The third kappa shape index (κ3) is 1.26. The van der Waals surface area contributed by atoms with Gasteiger partial charge < -0.3 is 10.00 Å². The number of hydrogen-bond acceptors (Lipinski definition) is 2. The third-order valence-electron chi connectivity index (χ3n) is 2.39. The lowest BCUT2D eigenvalue weighted by Crippen LogP contribution is -2.35. The van der Waals surface area contributed by atoms with Crippen molar-refractivity contribution in [1.29, 1.82) is 0 Å². The topological polar surface area (TPSA) is 69.0 Å². The molecule has 0 unspecified atom stereocenters. The second-order valence-corrected chi connectivity index (χ2v) is 3.23. The summed E-state index contributed by atoms with van der Waals surface area (Å²) in [4.78, 5) is 23.9. The van der Waals surface area contributed by atoms with Crippen LogP contribution >= 0.6 is 0 Å². The van der Waals surface area contributed by atoms with Crippen molar-refractivity contribution in [2.75, 3.05) is 6.54 Å². The summed E-state index contributed by atoms with van der Waals surface area (Å²) < 4.78 is 0. The van der Waals surface area contributed by atoms with Gasteiger partial charge in [0.05, 0.1) is 12.2 Å². The summed E-state index contributed by atoms with van der Waals surface area (Å²) in [7, 11) is 0. The van der Waals surface area contributed by atoms with Gasteiger partial charge in [-0.2, -0.15) is 0 Å². The third-order valence-corrected chi connectivity index (χ3v) is 2.39. The molecular weight excluding hydrogens is 170 g/mol. The summed E-state index contributed by atoms with van der Waals surface area (Å²) in [5.74, 6) is 0.0488. The number of H-pyrrole nitrogens is 2. The second kappa shape index (κ2) is 2.76. The average molecular weight is 181 g/mol. The predicted molar refractivity (Wildman–Crippen MR) is 46.2 cm³/mol. The molecule has 5 nitrogen and oxygen atoms in total. The number of aromatic amines is 2. The molecule has 0 radical (unpaired) electrons. The fourth-order valence-corrected chi connectivity index (χ4v) is 1.60. The molecule has 1 aliphatic heterocycles. The van der Waals surface area contributed by atoms with Gasteiger partial charge in [-0.15, -0.1) is 0 Å². The number of aromatic nitrogens is 2. The van der Waals surface area contributed by atoms with Crippen LogP contribution in [-0.2, 0) is 17.8 Å². The fraction of sp³-hybridized carbons (Fsp3) is 0.500. The second-order valence-electron chi connectivity index (χ2n) is 3.23. The Morgan fingerprint density at radius 1 is 1.46 bits per heavy atom. The first-order chi connectivity index (χ1) is 6.18. The van der Waals surface area contributed by atoms with E-state index in [9.17, 15) is 9.59 Å². The van der Waals surface area contributed by atoms with Crippen LogP contribution in [0.25, 0.3) is 0 Å². The predicted octanol–water partition coefficient (Wildman–Crippen LogP) is -0.392. The molecule has 1 aromatic rings. The molecule has 0 atom stereocenters. The molecule has 0 spiro atoms. The number of rotatable bonds is 0. The molecule has 13 heavy (non-hydrogen) atoms. The zero-order chi connectivity index (χ0) is 9.42. The van der Waals surface area contributed by atoms with Gasteiger partial charge in [-0.05, 0) is 6.42 Å². The highest BCUT2D eigenvalue weighted by Gasteiger charge is 2.21. The molecular formula is C8H11N3O2. The van der Waals surface area contributed by atoms with Gasteiger partial charge in [-0.1, -0.05) is 0 Å². The Hall–Kier alpha value is -1.52. The maximum Gasteiger partial charge on any atom is 0.267 e. The lowest BCUT2D eigenvalue weighted by molar-refractivity contribution is -0.129. The summed E-state index contributed by atoms with van der Waals surface area (Å²) in [5, 5.41) is 5.30. The molecule has 0 saturated carbocycles. The minimum atomic E-state index is -0.0572. The van der Waals surface area contributed by atoms with Gasteiger partial charge in [-0.3, -0.25) is 14.7 Å². The van der Waals surface area contributed by atoms with E-state index in [1.165, 1.54) is 6.92 Å². The first-order valence-corrected chi connectivity index (χ1v) is 4.22. The number of carbonyl (C=O) groups is 1. The van der Waals surface area contributed by atoms with Crippen molar-refractivity contribution in [3.05, 3.63) is 21.6 Å². The van der Waals surface area contributed by atoms with E-state index < -0.39 is 0 Å². The van der Waals surface area contributed by atoms with Crippen LogP contribution in [-0.4, -0.2) is 27.5 Å². The van der Waals surface area contributed by atoms with E-state index >= 15 is 0 Å². The number of nitrogens with zero attached hydrogens (tertiary/aromatic N) is 1. The Morgan fingerprint density at radius 2 is 2.23 bits per heavy atom. The van der Waals surface area contributed by atoms with Gasteiger partial charge >= 0.3 is 0 Å². The van der Waals surface area contributed by atoms with Crippen LogP contribution in [0.1, 0.15) is 18.2 Å². The van der Waals surface area contributed by atoms with E-state index in [2.05, 4.69) is 10.2 Å². The molecule has 2 heterocycles. The van der Waals surface area contributed by atoms with E-state index in [1.54, 1.807) is 4.90 Å². The first kappa shape index (κ1) is 8.10. The highest BCUT2D eigenvalue weighted by molar-refractivity contribution is 5.73. The van der Waals surface area contributed by atoms with Crippen molar-refractivity contribution in [1.82, 2.24) is 15.1 Å². The normalized spacial score (nSPS) is 15.6. The van der Waals surface area contributed by atoms with Gasteiger partial charge in [0.1, 0.15) is 0 Å². The van der Waals surface area contributed by atoms with Crippen molar-refractivity contribution >= 4 is 5.91 Å². The van der Waals surface area contributed by atoms with Crippen LogP contribution in [0.3, 0.4) is 0 Å². The van der Waals surface area contributed by atoms with E-state index in [0.29, 0.717) is 19.5 Å². The summed E-state index contributed by atoms with van der Waals surface area (Å²) in [6, 6.07) is 0. The van der Waals surface area contributed by atoms with E-state index in [0.717, 1.165) is 11.3 Å². The Labute approximate surface area is 74.7 Å². The van der Waals surface area contributed by atoms with Gasteiger partial charge in [0, 0.05) is 19.0 Å². The highest BCUT2D eigenvalue weighted by atomic mass is 16.2. The highest BCUT2D eigenvalue weighted by Crippen LogP contribution is 2.12. The molecule has 2 N–H and O–H groups in total. The number of hydrogen-bond donors (Lipinski definition) is 2. The molecule has 0 bridgehead atoms. The summed E-state index contributed by atoms with van der Waals surface area (Å²) in [6.45, 7) is 2.70. The lowest BCUT2D eigenvalue weighted by atomic mass is 10.1. The standard InChI is InChI=1S/C8H11N3O2/c1-5(12)11-3-2-6-7(4-11)9-10-8(6)13/h2-4H2,1H3,(H2,9,10,13). The van der Waals surface area contributed by atoms with Crippen LogP contribution in [0.2, 0.25) is 0 Å². The average Bonchev–Trinajstić information content (AvgIpc) is 2.47. The van der Waals surface area contributed by atoms with Gasteiger partial charge in [-0.25, -0.2) is 0 Å². The van der Waals surface area contributed by atoms with Crippen LogP contribution < -0.4 is 5.56 Å². The molecule has 2 rings (SSSR count). The molecule has 1 amide bonds. The molecule has 1 aliphatic rings. The monoisotopic (exact) mass is 181 g/mol. The zero-order valence-corrected chi connectivity index (χ0v) is 7.39. The molecule has 0 aliphatic carbocycles. The van der Waals surface area contributed by atoms with Gasteiger partial charge in [0.25, 0.3) is 5.56 Å². The van der Waals surface area contributed by atoms with Crippen molar-refractivity contribution in [3.8, 4) is 0 Å². The Kier molecular flexibility index (Phi) is 1.72. The Balaban J connectivity index is 2.30. The van der Waals surface area contributed by atoms with Gasteiger partial charge in [0.15, 0.2) is 0 Å². The van der Waals surface area contributed by atoms with Crippen molar-refractivity contribution in [3.63, 3.8) is 0 Å².